The van der Waals surface area contributed by atoms with Gasteiger partial charge in [0.25, 0.3) is 0 Å². The van der Waals surface area contributed by atoms with E-state index in [1.807, 2.05) is 32.9 Å². The van der Waals surface area contributed by atoms with Crippen LogP contribution in [0.15, 0.2) is 24.3 Å². The summed E-state index contributed by atoms with van der Waals surface area (Å²) < 4.78 is 16.0. The Bertz CT molecular complexity index is 500. The van der Waals surface area contributed by atoms with Crippen LogP contribution in [0.2, 0.25) is 0 Å². The van der Waals surface area contributed by atoms with Gasteiger partial charge in [-0.05, 0) is 38.8 Å². The standard InChI is InChI=1S/C18H30N2O4/c1-14(13-22-5)12-19-9-10-23-16-8-6-7-15(11-16)20-17(21)24-18(2,3)4/h6-8,11,14,19H,9-10,12-13H2,1-5H3,(H,20,21). The number of ether oxygens (including phenoxy) is 3. The second-order valence-corrected chi connectivity index (χ2v) is 6.77. The maximum Gasteiger partial charge on any atom is 0.412 e. The monoisotopic (exact) mass is 338 g/mol. The number of methoxy groups -OCH3 is 1. The van der Waals surface area contributed by atoms with Crippen LogP contribution in [-0.4, -0.2) is 45.1 Å². The van der Waals surface area contributed by atoms with Crippen LogP contribution in [0.4, 0.5) is 10.5 Å². The quantitative estimate of drug-likeness (QED) is 0.676. The average molecular weight is 338 g/mol. The molecule has 0 fully saturated rings. The van der Waals surface area contributed by atoms with Crippen LogP contribution in [0.5, 0.6) is 5.75 Å². The van der Waals surface area contributed by atoms with Gasteiger partial charge in [0.2, 0.25) is 0 Å². The molecule has 0 aromatic heterocycles. The topological polar surface area (TPSA) is 68.8 Å². The van der Waals surface area contributed by atoms with Gasteiger partial charge in [-0.2, -0.15) is 0 Å². The number of carbonyl (C=O) groups is 1. The van der Waals surface area contributed by atoms with E-state index in [0.29, 0.717) is 24.0 Å². The SMILES string of the molecule is COCC(C)CNCCOc1cccc(NC(=O)OC(C)(C)C)c1. The molecule has 1 aromatic carbocycles. The number of hydrogen-bond acceptors (Lipinski definition) is 5. The predicted octanol–water partition coefficient (Wildman–Crippen LogP) is 3.28. The minimum Gasteiger partial charge on any atom is -0.492 e. The number of benzene rings is 1. The summed E-state index contributed by atoms with van der Waals surface area (Å²) in [5.74, 6) is 1.17. The molecule has 1 atom stereocenters. The summed E-state index contributed by atoms with van der Waals surface area (Å²) in [5, 5.41) is 6.02. The van der Waals surface area contributed by atoms with Crippen LogP contribution < -0.4 is 15.4 Å². The molecule has 6 nitrogen and oxygen atoms in total. The molecule has 0 saturated heterocycles. The van der Waals surface area contributed by atoms with Crippen LogP contribution in [0.3, 0.4) is 0 Å². The molecule has 6 heteroatoms. The Morgan fingerprint density at radius 2 is 2.04 bits per heavy atom. The summed E-state index contributed by atoms with van der Waals surface area (Å²) in [5.41, 5.74) is 0.118. The molecule has 1 unspecified atom stereocenters. The molecule has 0 spiro atoms. The van der Waals surface area contributed by atoms with E-state index in [9.17, 15) is 4.79 Å². The summed E-state index contributed by atoms with van der Waals surface area (Å²) in [6.07, 6.45) is -0.478. The first-order valence-electron chi connectivity index (χ1n) is 8.22. The van der Waals surface area contributed by atoms with E-state index in [4.69, 9.17) is 14.2 Å². The van der Waals surface area contributed by atoms with Gasteiger partial charge in [0.05, 0.1) is 0 Å². The van der Waals surface area contributed by atoms with Gasteiger partial charge in [-0.1, -0.05) is 13.0 Å². The number of amides is 1. The Hall–Kier alpha value is -1.79. The van der Waals surface area contributed by atoms with E-state index >= 15 is 0 Å². The molecule has 0 heterocycles. The van der Waals surface area contributed by atoms with E-state index < -0.39 is 11.7 Å². The fourth-order valence-corrected chi connectivity index (χ4v) is 2.02. The lowest BCUT2D eigenvalue weighted by molar-refractivity contribution is 0.0636. The largest absolute Gasteiger partial charge is 0.492 e. The summed E-state index contributed by atoms with van der Waals surface area (Å²) in [6.45, 7) is 10.5. The van der Waals surface area contributed by atoms with Crippen molar-refractivity contribution in [1.82, 2.24) is 5.32 Å². The zero-order valence-electron chi connectivity index (χ0n) is 15.3. The molecule has 0 aliphatic rings. The molecule has 24 heavy (non-hydrogen) atoms. The highest BCUT2D eigenvalue weighted by molar-refractivity contribution is 5.85. The fraction of sp³-hybridized carbons (Fsp3) is 0.611. The van der Waals surface area contributed by atoms with E-state index in [2.05, 4.69) is 17.6 Å². The average Bonchev–Trinajstić information content (AvgIpc) is 2.45. The molecule has 0 saturated carbocycles. The summed E-state index contributed by atoms with van der Waals surface area (Å²) >= 11 is 0. The van der Waals surface area contributed by atoms with Crippen molar-refractivity contribution in [3.63, 3.8) is 0 Å². The van der Waals surface area contributed by atoms with E-state index in [-0.39, 0.29) is 0 Å². The van der Waals surface area contributed by atoms with E-state index in [0.717, 1.165) is 19.7 Å². The number of anilines is 1. The highest BCUT2D eigenvalue weighted by Crippen LogP contribution is 2.18. The van der Waals surface area contributed by atoms with Crippen molar-refractivity contribution in [2.24, 2.45) is 5.92 Å². The summed E-state index contributed by atoms with van der Waals surface area (Å²) in [7, 11) is 1.71. The Balaban J connectivity index is 2.33. The van der Waals surface area contributed by atoms with Crippen molar-refractivity contribution in [3.05, 3.63) is 24.3 Å². The van der Waals surface area contributed by atoms with Crippen molar-refractivity contribution in [1.29, 1.82) is 0 Å². The molecular formula is C18H30N2O4. The van der Waals surface area contributed by atoms with Crippen molar-refractivity contribution in [2.45, 2.75) is 33.3 Å². The number of nitrogens with one attached hydrogen (secondary N) is 2. The predicted molar refractivity (Wildman–Crippen MR) is 95.7 cm³/mol. The highest BCUT2D eigenvalue weighted by atomic mass is 16.6. The van der Waals surface area contributed by atoms with E-state index in [1.165, 1.54) is 0 Å². The Kier molecular flexibility index (Phi) is 8.57. The van der Waals surface area contributed by atoms with Crippen molar-refractivity contribution < 1.29 is 19.0 Å². The summed E-state index contributed by atoms with van der Waals surface area (Å²) in [6, 6.07) is 7.25. The van der Waals surface area contributed by atoms with Crippen LogP contribution >= 0.6 is 0 Å². The Labute approximate surface area is 144 Å². The Morgan fingerprint density at radius 3 is 2.71 bits per heavy atom. The summed E-state index contributed by atoms with van der Waals surface area (Å²) in [4.78, 5) is 11.8. The second-order valence-electron chi connectivity index (χ2n) is 6.77. The third-order valence-corrected chi connectivity index (χ3v) is 2.97. The Morgan fingerprint density at radius 1 is 1.29 bits per heavy atom. The van der Waals surface area contributed by atoms with Crippen LogP contribution in [0.1, 0.15) is 27.7 Å². The van der Waals surface area contributed by atoms with Gasteiger partial charge in [-0.25, -0.2) is 4.79 Å². The molecule has 136 valence electrons. The second kappa shape index (κ2) is 10.2. The molecule has 1 aromatic rings. The number of rotatable bonds is 9. The van der Waals surface area contributed by atoms with Crippen molar-refractivity contribution >= 4 is 11.8 Å². The van der Waals surface area contributed by atoms with Gasteiger partial charge in [0.1, 0.15) is 18.0 Å². The molecule has 1 amide bonds. The third kappa shape index (κ3) is 9.37. The highest BCUT2D eigenvalue weighted by Gasteiger charge is 2.16. The zero-order valence-corrected chi connectivity index (χ0v) is 15.3. The molecule has 2 N–H and O–H groups in total. The zero-order chi connectivity index (χ0) is 18.0. The smallest absolute Gasteiger partial charge is 0.412 e. The van der Waals surface area contributed by atoms with Crippen LogP contribution in [0.25, 0.3) is 0 Å². The first-order valence-corrected chi connectivity index (χ1v) is 8.22. The number of hydrogen-bond donors (Lipinski definition) is 2. The van der Waals surface area contributed by atoms with Crippen molar-refractivity contribution in [3.8, 4) is 5.75 Å². The fourth-order valence-electron chi connectivity index (χ4n) is 2.02. The molecular weight excluding hydrogens is 308 g/mol. The van der Waals surface area contributed by atoms with Gasteiger partial charge in [0.15, 0.2) is 0 Å². The van der Waals surface area contributed by atoms with E-state index in [1.54, 1.807) is 19.2 Å². The molecule has 1 rings (SSSR count). The van der Waals surface area contributed by atoms with Crippen LogP contribution in [0, 0.1) is 5.92 Å². The lowest BCUT2D eigenvalue weighted by atomic mass is 10.2. The van der Waals surface area contributed by atoms with Gasteiger partial charge in [0, 0.05) is 38.6 Å². The first kappa shape index (κ1) is 20.3. The minimum absolute atomic E-state index is 0.469. The molecule has 0 radical (unpaired) electrons. The maximum absolute atomic E-state index is 11.8. The normalized spacial score (nSPS) is 12.5. The first-order chi connectivity index (χ1) is 11.3. The van der Waals surface area contributed by atoms with Gasteiger partial charge < -0.3 is 19.5 Å². The maximum atomic E-state index is 11.8. The minimum atomic E-state index is -0.524. The van der Waals surface area contributed by atoms with Gasteiger partial charge in [-0.15, -0.1) is 0 Å². The van der Waals surface area contributed by atoms with Crippen LogP contribution in [-0.2, 0) is 9.47 Å². The van der Waals surface area contributed by atoms with Gasteiger partial charge in [-0.3, -0.25) is 5.32 Å². The third-order valence-electron chi connectivity index (χ3n) is 2.97. The molecule has 0 aliphatic carbocycles. The van der Waals surface area contributed by atoms with Crippen molar-refractivity contribution in [2.75, 3.05) is 38.7 Å². The lowest BCUT2D eigenvalue weighted by Crippen LogP contribution is -2.28. The lowest BCUT2D eigenvalue weighted by Gasteiger charge is -2.19. The number of carbonyl (C=O) groups excluding carboxylic acids is 1. The molecule has 0 aliphatic heterocycles. The molecule has 0 bridgehead atoms. The van der Waals surface area contributed by atoms with Gasteiger partial charge >= 0.3 is 6.09 Å².